The van der Waals surface area contributed by atoms with Gasteiger partial charge in [0.1, 0.15) is 5.75 Å². The Morgan fingerprint density at radius 3 is 2.61 bits per heavy atom. The van der Waals surface area contributed by atoms with Gasteiger partial charge in [-0.2, -0.15) is 0 Å². The van der Waals surface area contributed by atoms with E-state index in [-0.39, 0.29) is 11.3 Å². The van der Waals surface area contributed by atoms with Crippen LogP contribution in [0.15, 0.2) is 47.8 Å². The molecule has 3 aromatic rings. The molecule has 8 heteroatoms. The fourth-order valence-electron chi connectivity index (χ4n) is 2.74. The van der Waals surface area contributed by atoms with E-state index in [9.17, 15) is 14.9 Å². The Morgan fingerprint density at radius 2 is 2.00 bits per heavy atom. The summed E-state index contributed by atoms with van der Waals surface area (Å²) in [6.07, 6.45) is 0.638. The maximum Gasteiger partial charge on any atom is 0.270 e. The van der Waals surface area contributed by atoms with Gasteiger partial charge >= 0.3 is 0 Å². The van der Waals surface area contributed by atoms with Crippen LogP contribution < -0.4 is 10.1 Å². The molecule has 0 aliphatic carbocycles. The number of methoxy groups -OCH3 is 1. The molecule has 28 heavy (non-hydrogen) atoms. The van der Waals surface area contributed by atoms with Crippen LogP contribution >= 0.6 is 11.3 Å². The molecule has 0 bridgehead atoms. The number of aromatic nitrogens is 1. The summed E-state index contributed by atoms with van der Waals surface area (Å²) in [5.74, 6) is -0.110. The summed E-state index contributed by atoms with van der Waals surface area (Å²) in [6, 6.07) is 12.0. The van der Waals surface area contributed by atoms with Crippen molar-refractivity contribution >= 4 is 22.9 Å². The van der Waals surface area contributed by atoms with Gasteiger partial charge in [-0.25, -0.2) is 4.98 Å². The number of ether oxygens (including phenoxy) is 1. The largest absolute Gasteiger partial charge is 0.496 e. The maximum absolute atomic E-state index is 12.4. The lowest BCUT2D eigenvalue weighted by molar-refractivity contribution is -0.384. The van der Waals surface area contributed by atoms with E-state index in [1.165, 1.54) is 25.3 Å². The Kier molecular flexibility index (Phi) is 6.00. The van der Waals surface area contributed by atoms with Crippen LogP contribution in [0.5, 0.6) is 5.75 Å². The Morgan fingerprint density at radius 1 is 1.25 bits per heavy atom. The van der Waals surface area contributed by atoms with E-state index in [4.69, 9.17) is 4.74 Å². The quantitative estimate of drug-likeness (QED) is 0.480. The van der Waals surface area contributed by atoms with E-state index in [2.05, 4.69) is 10.3 Å². The highest BCUT2D eigenvalue weighted by Gasteiger charge is 2.17. The summed E-state index contributed by atoms with van der Waals surface area (Å²) < 4.78 is 5.13. The van der Waals surface area contributed by atoms with Gasteiger partial charge in [0.2, 0.25) is 0 Å². The van der Waals surface area contributed by atoms with Gasteiger partial charge in [-0.3, -0.25) is 14.9 Å². The second-order valence-electron chi connectivity index (χ2n) is 6.10. The molecule has 0 aliphatic rings. The predicted molar refractivity (Wildman–Crippen MR) is 108 cm³/mol. The monoisotopic (exact) mass is 397 g/mol. The third-order valence-corrected chi connectivity index (χ3v) is 4.98. The minimum atomic E-state index is -0.540. The number of aryl methyl sites for hydroxylation is 1. The van der Waals surface area contributed by atoms with Crippen LogP contribution in [0.25, 0.3) is 11.3 Å². The van der Waals surface area contributed by atoms with Crippen molar-refractivity contribution in [2.75, 3.05) is 13.7 Å². The molecule has 0 saturated heterocycles. The second-order valence-corrected chi connectivity index (χ2v) is 7.16. The zero-order chi connectivity index (χ0) is 20.1. The topological polar surface area (TPSA) is 94.4 Å². The number of nitro groups is 1. The fourth-order valence-corrected chi connectivity index (χ4v) is 3.36. The number of nitro benzene ring substituents is 1. The van der Waals surface area contributed by atoms with Gasteiger partial charge in [-0.15, -0.1) is 11.3 Å². The number of thiazole rings is 1. The molecule has 144 valence electrons. The van der Waals surface area contributed by atoms with Gasteiger partial charge in [-0.1, -0.05) is 24.3 Å². The lowest BCUT2D eigenvalue weighted by atomic mass is 10.1. The molecule has 0 aliphatic heterocycles. The Hall–Kier alpha value is -3.26. The molecule has 1 aromatic heterocycles. The van der Waals surface area contributed by atoms with Crippen LogP contribution in [-0.2, 0) is 6.42 Å². The van der Waals surface area contributed by atoms with Gasteiger partial charge in [0.15, 0.2) is 0 Å². The number of hydrogen-bond donors (Lipinski definition) is 1. The summed E-state index contributed by atoms with van der Waals surface area (Å²) in [4.78, 5) is 27.3. The van der Waals surface area contributed by atoms with Crippen LogP contribution in [0, 0.1) is 17.0 Å². The number of amides is 1. The zero-order valence-electron chi connectivity index (χ0n) is 15.5. The standard InChI is InChI=1S/C20H19N3O4S/c1-13-22-18(12-28-13)15-5-3-14(4-6-15)9-10-21-20(24)17-11-16(23(25)26)7-8-19(17)27-2/h3-8,11-12H,9-10H2,1-2H3,(H,21,24). The summed E-state index contributed by atoms with van der Waals surface area (Å²) >= 11 is 1.61. The SMILES string of the molecule is COc1ccc([N+](=O)[O-])cc1C(=O)NCCc1ccc(-c2csc(C)n2)cc1. The molecule has 3 rings (SSSR count). The summed E-state index contributed by atoms with van der Waals surface area (Å²) in [5, 5.41) is 16.8. The van der Waals surface area contributed by atoms with Crippen molar-refractivity contribution in [3.63, 3.8) is 0 Å². The molecule has 0 unspecified atom stereocenters. The lowest BCUT2D eigenvalue weighted by Crippen LogP contribution is -2.26. The molecule has 0 fully saturated rings. The van der Waals surface area contributed by atoms with Crippen LogP contribution in [-0.4, -0.2) is 29.5 Å². The third-order valence-electron chi connectivity index (χ3n) is 4.21. The van der Waals surface area contributed by atoms with E-state index in [0.717, 1.165) is 21.8 Å². The minimum Gasteiger partial charge on any atom is -0.496 e. The molecule has 0 radical (unpaired) electrons. The molecule has 1 heterocycles. The van der Waals surface area contributed by atoms with Crippen LogP contribution in [0.2, 0.25) is 0 Å². The Labute approximate surface area is 166 Å². The second kappa shape index (κ2) is 8.62. The van der Waals surface area contributed by atoms with Gasteiger partial charge < -0.3 is 10.1 Å². The highest BCUT2D eigenvalue weighted by molar-refractivity contribution is 7.09. The van der Waals surface area contributed by atoms with Crippen molar-refractivity contribution in [1.82, 2.24) is 10.3 Å². The highest BCUT2D eigenvalue weighted by atomic mass is 32.1. The van der Waals surface area contributed by atoms with Gasteiger partial charge in [0.05, 0.1) is 28.3 Å². The Bertz CT molecular complexity index is 999. The summed E-state index contributed by atoms with van der Waals surface area (Å²) in [7, 11) is 1.42. The minimum absolute atomic E-state index is 0.144. The molecular formula is C20H19N3O4S. The first-order chi connectivity index (χ1) is 13.5. The first-order valence-corrected chi connectivity index (χ1v) is 9.48. The smallest absolute Gasteiger partial charge is 0.270 e. The number of rotatable bonds is 7. The van der Waals surface area contributed by atoms with Crippen molar-refractivity contribution in [3.8, 4) is 17.0 Å². The predicted octanol–water partition coefficient (Wildman–Crippen LogP) is 4.01. The number of carbonyl (C=O) groups is 1. The van der Waals surface area contributed by atoms with Crippen LogP contribution in [0.3, 0.4) is 0 Å². The molecule has 7 nitrogen and oxygen atoms in total. The first-order valence-electron chi connectivity index (χ1n) is 8.60. The Balaban J connectivity index is 1.61. The number of benzene rings is 2. The molecule has 0 atom stereocenters. The van der Waals surface area contributed by atoms with Gasteiger partial charge in [-0.05, 0) is 25.0 Å². The van der Waals surface area contributed by atoms with Gasteiger partial charge in [0, 0.05) is 29.6 Å². The zero-order valence-corrected chi connectivity index (χ0v) is 16.3. The van der Waals surface area contributed by atoms with Gasteiger partial charge in [0.25, 0.3) is 11.6 Å². The molecular weight excluding hydrogens is 378 g/mol. The van der Waals surface area contributed by atoms with E-state index in [1.807, 2.05) is 36.6 Å². The third kappa shape index (κ3) is 4.52. The number of hydrogen-bond acceptors (Lipinski definition) is 6. The average molecular weight is 397 g/mol. The lowest BCUT2D eigenvalue weighted by Gasteiger charge is -2.09. The van der Waals surface area contributed by atoms with Crippen molar-refractivity contribution in [1.29, 1.82) is 0 Å². The van der Waals surface area contributed by atoms with E-state index in [0.29, 0.717) is 18.7 Å². The summed E-state index contributed by atoms with van der Waals surface area (Å²) in [6.45, 7) is 2.38. The number of non-ortho nitro benzene ring substituents is 1. The summed E-state index contributed by atoms with van der Waals surface area (Å²) in [5.41, 5.74) is 3.07. The maximum atomic E-state index is 12.4. The molecule has 1 N–H and O–H groups in total. The molecule has 0 saturated carbocycles. The molecule has 2 aromatic carbocycles. The average Bonchev–Trinajstić information content (AvgIpc) is 3.14. The fraction of sp³-hybridized carbons (Fsp3) is 0.200. The van der Waals surface area contributed by atoms with Crippen molar-refractivity contribution in [3.05, 3.63) is 74.1 Å². The van der Waals surface area contributed by atoms with E-state index < -0.39 is 10.8 Å². The number of nitrogens with zero attached hydrogens (tertiary/aromatic N) is 2. The molecule has 1 amide bonds. The van der Waals surface area contributed by atoms with Crippen molar-refractivity contribution < 1.29 is 14.5 Å². The highest BCUT2D eigenvalue weighted by Crippen LogP contribution is 2.24. The normalized spacial score (nSPS) is 10.5. The van der Waals surface area contributed by atoms with Crippen molar-refractivity contribution in [2.45, 2.75) is 13.3 Å². The first kappa shape index (κ1) is 19.5. The number of carbonyl (C=O) groups excluding carboxylic acids is 1. The molecule has 0 spiro atoms. The van der Waals surface area contributed by atoms with Crippen LogP contribution in [0.1, 0.15) is 20.9 Å². The van der Waals surface area contributed by atoms with E-state index in [1.54, 1.807) is 11.3 Å². The van der Waals surface area contributed by atoms with E-state index >= 15 is 0 Å². The van der Waals surface area contributed by atoms with Crippen LogP contribution in [0.4, 0.5) is 5.69 Å². The number of nitrogens with one attached hydrogen (secondary N) is 1. The van der Waals surface area contributed by atoms with Crippen molar-refractivity contribution in [2.24, 2.45) is 0 Å².